The number of carbonyl (C=O) groups excluding carboxylic acids is 1. The summed E-state index contributed by atoms with van der Waals surface area (Å²) in [5.74, 6) is -0.666. The van der Waals surface area contributed by atoms with E-state index in [2.05, 4.69) is 4.74 Å². The number of benzene rings is 2. The van der Waals surface area contributed by atoms with Crippen LogP contribution in [0.5, 0.6) is 11.5 Å². The summed E-state index contributed by atoms with van der Waals surface area (Å²) in [4.78, 5) is 13.7. The fraction of sp³-hybridized carbons (Fsp3) is 0.379. The molecule has 1 saturated carbocycles. The number of ether oxygens (including phenoxy) is 3. The van der Waals surface area contributed by atoms with E-state index in [9.17, 15) is 27.2 Å². The van der Waals surface area contributed by atoms with Crippen LogP contribution in [-0.4, -0.2) is 44.5 Å². The highest BCUT2D eigenvalue weighted by atomic mass is 35.5. The van der Waals surface area contributed by atoms with Crippen molar-refractivity contribution in [3.8, 4) is 11.5 Å². The molecule has 3 aromatic rings. The van der Waals surface area contributed by atoms with Gasteiger partial charge in [0.25, 0.3) is 0 Å². The summed E-state index contributed by atoms with van der Waals surface area (Å²) >= 11 is 12.6. The highest BCUT2D eigenvalue weighted by molar-refractivity contribution is 7.89. The van der Waals surface area contributed by atoms with Crippen LogP contribution in [0.25, 0.3) is 0 Å². The van der Waals surface area contributed by atoms with E-state index < -0.39 is 34.7 Å². The molecule has 5 rings (SSSR count). The molecule has 246 valence electrons. The Kier molecular flexibility index (Phi) is 13.0. The van der Waals surface area contributed by atoms with Crippen LogP contribution in [0.15, 0.2) is 65.8 Å². The predicted octanol–water partition coefficient (Wildman–Crippen LogP) is 5.92. The van der Waals surface area contributed by atoms with Gasteiger partial charge < -0.3 is 19.4 Å². The molecule has 0 N–H and O–H groups in total. The van der Waals surface area contributed by atoms with Crippen LogP contribution in [0.3, 0.4) is 0 Å². The molecule has 1 aliphatic heterocycles. The lowest BCUT2D eigenvalue weighted by Crippen LogP contribution is -2.41. The van der Waals surface area contributed by atoms with Crippen LogP contribution < -0.4 is 14.2 Å². The van der Waals surface area contributed by atoms with E-state index in [1.54, 1.807) is 18.2 Å². The highest BCUT2D eigenvalue weighted by Crippen LogP contribution is 2.38. The van der Waals surface area contributed by atoms with E-state index in [4.69, 9.17) is 32.7 Å². The van der Waals surface area contributed by atoms with Crippen molar-refractivity contribution in [1.29, 1.82) is 0 Å². The molecule has 45 heavy (non-hydrogen) atoms. The lowest BCUT2D eigenvalue weighted by atomic mass is 10.0. The summed E-state index contributed by atoms with van der Waals surface area (Å²) in [7, 11) is -4.00. The molecule has 9 nitrogen and oxygen atoms in total. The van der Waals surface area contributed by atoms with Crippen molar-refractivity contribution in [3.05, 3.63) is 87.3 Å². The third kappa shape index (κ3) is 9.07. The molecule has 0 bridgehead atoms. The van der Waals surface area contributed by atoms with Crippen LogP contribution >= 0.6 is 50.2 Å². The molecule has 0 spiro atoms. The third-order valence-corrected chi connectivity index (χ3v) is 9.83. The van der Waals surface area contributed by atoms with E-state index in [1.165, 1.54) is 30.3 Å². The van der Waals surface area contributed by atoms with Gasteiger partial charge in [-0.15, -0.1) is 0 Å². The minimum atomic E-state index is -4.00. The summed E-state index contributed by atoms with van der Waals surface area (Å²) in [6, 6.07) is 10.8. The van der Waals surface area contributed by atoms with Gasteiger partial charge >= 0.3 is 12.6 Å². The smallest absolute Gasteiger partial charge is 0.387 e. The maximum atomic E-state index is 13.6. The normalized spacial score (nSPS) is 17.2. The van der Waals surface area contributed by atoms with Gasteiger partial charge in [0.1, 0.15) is 22.2 Å². The molecule has 1 aliphatic carbocycles. The van der Waals surface area contributed by atoms with E-state index >= 15 is 0 Å². The van der Waals surface area contributed by atoms with Gasteiger partial charge in [-0.1, -0.05) is 47.5 Å². The molecule has 0 radical (unpaired) electrons. The molecular formula is C29H32Cl2F2N2O7S3. The number of sulfonamides is 1. The van der Waals surface area contributed by atoms with Gasteiger partial charge in [-0.05, 0) is 61.4 Å². The number of carbonyl (C=O) groups is 1. The first-order valence-electron chi connectivity index (χ1n) is 13.6. The Morgan fingerprint density at radius 3 is 2.31 bits per heavy atom. The first kappa shape index (κ1) is 37.0. The molecule has 2 atom stereocenters. The summed E-state index contributed by atoms with van der Waals surface area (Å²) in [5.41, 5.74) is 0.629. The van der Waals surface area contributed by atoms with Crippen molar-refractivity contribution in [3.63, 3.8) is 0 Å². The molecule has 2 heterocycles. The molecular weight excluding hydrogens is 693 g/mol. The number of rotatable bonds is 12. The van der Waals surface area contributed by atoms with Gasteiger partial charge in [-0.25, -0.2) is 8.42 Å². The van der Waals surface area contributed by atoms with Gasteiger partial charge in [0.2, 0.25) is 10.0 Å². The number of halogens is 4. The fourth-order valence-corrected chi connectivity index (χ4v) is 7.14. The summed E-state index contributed by atoms with van der Waals surface area (Å²) < 4.78 is 70.9. The number of pyridine rings is 1. The lowest BCUT2D eigenvalue weighted by Gasteiger charge is -2.26. The first-order chi connectivity index (χ1) is 20.5. The second-order valence-electron chi connectivity index (χ2n) is 10.3. The second kappa shape index (κ2) is 15.9. The summed E-state index contributed by atoms with van der Waals surface area (Å²) in [6.07, 6.45) is 3.55. The second-order valence-corrected chi connectivity index (χ2v) is 13.1. The van der Waals surface area contributed by atoms with Crippen molar-refractivity contribution in [1.82, 2.24) is 4.31 Å². The van der Waals surface area contributed by atoms with Gasteiger partial charge in [0.15, 0.2) is 23.9 Å². The number of alkyl halides is 2. The molecule has 2 fully saturated rings. The monoisotopic (exact) mass is 724 g/mol. The zero-order valence-electron chi connectivity index (χ0n) is 23.7. The SMILES string of the molecule is O=C(O[C@@H](Cc1c(Cl)c[n+]([O-])cc1Cl)c1ccc(OC(F)F)c(OCC2CC2)c1)[C@@H]1CCCN1S(=O)(=O)c1ccccc1.S.S. The van der Waals surface area contributed by atoms with Crippen LogP contribution in [0.1, 0.15) is 42.9 Å². The van der Waals surface area contributed by atoms with Crippen LogP contribution in [0.2, 0.25) is 10.0 Å². The third-order valence-electron chi connectivity index (χ3n) is 7.26. The first-order valence-corrected chi connectivity index (χ1v) is 15.8. The maximum absolute atomic E-state index is 13.6. The quantitative estimate of drug-likeness (QED) is 0.130. The maximum Gasteiger partial charge on any atom is 0.387 e. The van der Waals surface area contributed by atoms with E-state index in [0.717, 1.165) is 29.5 Å². The summed E-state index contributed by atoms with van der Waals surface area (Å²) in [5, 5.41) is 11.9. The molecule has 1 saturated heterocycles. The average molecular weight is 726 g/mol. The minimum absolute atomic E-state index is 0. The van der Waals surface area contributed by atoms with Crippen molar-refractivity contribution >= 4 is 66.2 Å². The number of hydrogen-bond acceptors (Lipinski definition) is 7. The largest absolute Gasteiger partial charge is 0.619 e. The van der Waals surface area contributed by atoms with Crippen LogP contribution in [0, 0.1) is 11.1 Å². The van der Waals surface area contributed by atoms with Gasteiger partial charge in [0.05, 0.1) is 11.5 Å². The Balaban J connectivity index is 0.00000276. The Hall–Kier alpha value is -2.49. The molecule has 16 heteroatoms. The molecule has 0 unspecified atom stereocenters. The van der Waals surface area contributed by atoms with E-state index in [0.29, 0.717) is 34.8 Å². The van der Waals surface area contributed by atoms with Crippen molar-refractivity contribution in [2.75, 3.05) is 13.2 Å². The number of hydrogen-bond donors (Lipinski definition) is 0. The fourth-order valence-electron chi connectivity index (χ4n) is 4.87. The summed E-state index contributed by atoms with van der Waals surface area (Å²) in [6.45, 7) is -2.68. The zero-order valence-corrected chi connectivity index (χ0v) is 28.0. The Labute approximate surface area is 283 Å². The number of nitrogens with zero attached hydrogens (tertiary/aromatic N) is 2. The molecule has 1 aromatic heterocycles. The molecule has 0 amide bonds. The van der Waals surface area contributed by atoms with Gasteiger partial charge in [-0.3, -0.25) is 4.79 Å². The zero-order chi connectivity index (χ0) is 30.7. The van der Waals surface area contributed by atoms with Crippen molar-refractivity contribution in [2.24, 2.45) is 5.92 Å². The Bertz CT molecular complexity index is 1560. The van der Waals surface area contributed by atoms with Crippen LogP contribution in [-0.2, 0) is 26.0 Å². The van der Waals surface area contributed by atoms with E-state index in [-0.39, 0.29) is 72.8 Å². The standard InChI is InChI=1S/C29H28Cl2F2N2O7S.2H2S/c30-22-15-34(37)16-23(31)21(22)14-26(19-10-11-25(42-29(32)33)27(13-19)40-17-18-8-9-18)41-28(36)24-7-4-12-35(24)43(38,39)20-5-2-1-3-6-20;;/h1-3,5-6,10-11,13,15-16,18,24,26,29H,4,7-9,12,14,17H2;2*1H2/t24-,26-;;/m0../s1. The highest BCUT2D eigenvalue weighted by Gasteiger charge is 2.41. The number of esters is 1. The molecule has 2 aliphatic rings. The Morgan fingerprint density at radius 1 is 1.02 bits per heavy atom. The van der Waals surface area contributed by atoms with Crippen molar-refractivity contribution < 1.29 is 40.9 Å². The van der Waals surface area contributed by atoms with Crippen LogP contribution in [0.4, 0.5) is 8.78 Å². The molecule has 2 aromatic carbocycles. The van der Waals surface area contributed by atoms with Crippen molar-refractivity contribution in [2.45, 2.75) is 55.8 Å². The lowest BCUT2D eigenvalue weighted by molar-refractivity contribution is -0.605. The topological polar surface area (TPSA) is 109 Å². The van der Waals surface area contributed by atoms with Gasteiger partial charge in [0, 0.05) is 18.5 Å². The predicted molar refractivity (Wildman–Crippen MR) is 173 cm³/mol. The average Bonchev–Trinajstić information content (AvgIpc) is 3.65. The minimum Gasteiger partial charge on any atom is -0.619 e. The Morgan fingerprint density at radius 2 is 1.69 bits per heavy atom. The van der Waals surface area contributed by atoms with Gasteiger partial charge in [-0.2, -0.15) is 44.8 Å². The van der Waals surface area contributed by atoms with E-state index in [1.807, 2.05) is 0 Å². The number of aromatic nitrogens is 1.